The van der Waals surface area contributed by atoms with Crippen LogP contribution in [0.5, 0.6) is 0 Å². The van der Waals surface area contributed by atoms with Crippen molar-refractivity contribution in [1.82, 2.24) is 14.8 Å². The third-order valence-corrected chi connectivity index (χ3v) is 3.46. The lowest BCUT2D eigenvalue weighted by Gasteiger charge is -2.16. The summed E-state index contributed by atoms with van der Waals surface area (Å²) in [5.41, 5.74) is 1.99. The van der Waals surface area contributed by atoms with Gasteiger partial charge in [-0.15, -0.1) is 0 Å². The number of fused-ring (bicyclic) bond motifs is 1. The monoisotopic (exact) mass is 290 g/mol. The molecule has 0 aliphatic carbocycles. The van der Waals surface area contributed by atoms with Crippen LogP contribution in [-0.4, -0.2) is 33.4 Å². The Bertz CT molecular complexity index is 636. The van der Waals surface area contributed by atoms with Gasteiger partial charge in [0.1, 0.15) is 5.56 Å². The molecule has 2 aromatic heterocycles. The first-order valence-electron chi connectivity index (χ1n) is 7.40. The van der Waals surface area contributed by atoms with E-state index >= 15 is 0 Å². The average Bonchev–Trinajstić information content (AvgIpc) is 2.91. The van der Waals surface area contributed by atoms with Crippen molar-refractivity contribution in [3.8, 4) is 0 Å². The summed E-state index contributed by atoms with van der Waals surface area (Å²) < 4.78 is 6.93. The smallest absolute Gasteiger partial charge is 0.341 e. The van der Waals surface area contributed by atoms with E-state index in [4.69, 9.17) is 4.74 Å². The largest absolute Gasteiger partial charge is 0.462 e. The molecule has 1 N–H and O–H groups in total. The van der Waals surface area contributed by atoms with Crippen molar-refractivity contribution in [3.05, 3.63) is 18.0 Å². The molecule has 0 radical (unpaired) electrons. The first-order valence-corrected chi connectivity index (χ1v) is 7.40. The number of carbonyl (C=O) groups excluding carboxylic acids is 1. The fourth-order valence-electron chi connectivity index (χ4n) is 2.13. The maximum Gasteiger partial charge on any atom is 0.341 e. The van der Waals surface area contributed by atoms with Crippen molar-refractivity contribution in [2.75, 3.05) is 11.9 Å². The van der Waals surface area contributed by atoms with Gasteiger partial charge in [-0.2, -0.15) is 5.10 Å². The van der Waals surface area contributed by atoms with Crippen molar-refractivity contribution < 1.29 is 9.53 Å². The number of nitrogens with zero attached hydrogens (tertiary/aromatic N) is 3. The Morgan fingerprint density at radius 1 is 1.38 bits per heavy atom. The standard InChI is InChI=1S/C15H22N4O2/c1-5-10(4)18-13-11-9-17-19(6-2)14(11)16-8-12(13)15(20)21-7-3/h8-10H,5-7H2,1-4H3,(H,16,18). The number of anilines is 1. The Hall–Kier alpha value is -2.11. The maximum absolute atomic E-state index is 12.1. The highest BCUT2D eigenvalue weighted by Gasteiger charge is 2.19. The molecule has 0 saturated heterocycles. The molecule has 0 aliphatic rings. The van der Waals surface area contributed by atoms with Crippen LogP contribution in [-0.2, 0) is 11.3 Å². The van der Waals surface area contributed by atoms with Gasteiger partial charge < -0.3 is 10.1 Å². The van der Waals surface area contributed by atoms with Crippen LogP contribution in [0.3, 0.4) is 0 Å². The van der Waals surface area contributed by atoms with Crippen LogP contribution in [0.2, 0.25) is 0 Å². The first kappa shape index (κ1) is 15.3. The van der Waals surface area contributed by atoms with Gasteiger partial charge in [0, 0.05) is 18.8 Å². The van der Waals surface area contributed by atoms with E-state index < -0.39 is 0 Å². The van der Waals surface area contributed by atoms with Gasteiger partial charge >= 0.3 is 5.97 Å². The molecule has 2 heterocycles. The number of nitrogens with one attached hydrogen (secondary N) is 1. The molecule has 0 aliphatic heterocycles. The zero-order chi connectivity index (χ0) is 15.4. The maximum atomic E-state index is 12.1. The van der Waals surface area contributed by atoms with Crippen LogP contribution in [0.1, 0.15) is 44.5 Å². The molecule has 21 heavy (non-hydrogen) atoms. The zero-order valence-corrected chi connectivity index (χ0v) is 13.0. The number of esters is 1. The summed E-state index contributed by atoms with van der Waals surface area (Å²) in [6.45, 7) is 9.04. The summed E-state index contributed by atoms with van der Waals surface area (Å²) in [5.74, 6) is -0.359. The minimum Gasteiger partial charge on any atom is -0.462 e. The van der Waals surface area contributed by atoms with Crippen LogP contribution >= 0.6 is 0 Å². The van der Waals surface area contributed by atoms with Gasteiger partial charge in [0.25, 0.3) is 0 Å². The fraction of sp³-hybridized carbons (Fsp3) is 0.533. The second kappa shape index (κ2) is 6.56. The topological polar surface area (TPSA) is 69.0 Å². The molecule has 0 aromatic carbocycles. The fourth-order valence-corrected chi connectivity index (χ4v) is 2.13. The number of pyridine rings is 1. The number of ether oxygens (including phenoxy) is 1. The van der Waals surface area contributed by atoms with Gasteiger partial charge in [-0.1, -0.05) is 6.92 Å². The molecule has 0 fully saturated rings. The quantitative estimate of drug-likeness (QED) is 0.828. The molecule has 0 bridgehead atoms. The molecule has 2 aromatic rings. The molecule has 1 unspecified atom stereocenters. The predicted octanol–water partition coefficient (Wildman–Crippen LogP) is 2.84. The molecule has 1 atom stereocenters. The SMILES string of the molecule is CCOC(=O)c1cnc2c(cnn2CC)c1NC(C)CC. The summed E-state index contributed by atoms with van der Waals surface area (Å²) >= 11 is 0. The van der Waals surface area contributed by atoms with E-state index in [9.17, 15) is 4.79 Å². The van der Waals surface area contributed by atoms with Crippen molar-refractivity contribution in [3.63, 3.8) is 0 Å². The third-order valence-electron chi connectivity index (χ3n) is 3.46. The van der Waals surface area contributed by atoms with Crippen LogP contribution in [0.15, 0.2) is 12.4 Å². The minimum atomic E-state index is -0.359. The van der Waals surface area contributed by atoms with Crippen LogP contribution in [0, 0.1) is 0 Å². The molecule has 2 rings (SSSR count). The van der Waals surface area contributed by atoms with Crippen molar-refractivity contribution in [2.24, 2.45) is 0 Å². The highest BCUT2D eigenvalue weighted by molar-refractivity contribution is 6.04. The summed E-state index contributed by atoms with van der Waals surface area (Å²) in [6, 6.07) is 0.244. The van der Waals surface area contributed by atoms with Gasteiger partial charge in [-0.05, 0) is 27.2 Å². The number of hydrogen-bond acceptors (Lipinski definition) is 5. The lowest BCUT2D eigenvalue weighted by Crippen LogP contribution is -2.18. The Morgan fingerprint density at radius 2 is 2.14 bits per heavy atom. The van der Waals surface area contributed by atoms with E-state index in [1.807, 2.05) is 11.6 Å². The van der Waals surface area contributed by atoms with Crippen molar-refractivity contribution in [2.45, 2.75) is 46.7 Å². The summed E-state index contributed by atoms with van der Waals surface area (Å²) in [7, 11) is 0. The van der Waals surface area contributed by atoms with Gasteiger partial charge in [0.15, 0.2) is 5.65 Å². The Morgan fingerprint density at radius 3 is 2.76 bits per heavy atom. The molecule has 6 nitrogen and oxygen atoms in total. The number of carbonyl (C=O) groups is 1. The highest BCUT2D eigenvalue weighted by Crippen LogP contribution is 2.27. The lowest BCUT2D eigenvalue weighted by atomic mass is 10.1. The van der Waals surface area contributed by atoms with Crippen LogP contribution < -0.4 is 5.32 Å². The van der Waals surface area contributed by atoms with E-state index in [2.05, 4.69) is 29.2 Å². The summed E-state index contributed by atoms with van der Waals surface area (Å²) in [5, 5.41) is 8.55. The van der Waals surface area contributed by atoms with Crippen LogP contribution in [0.4, 0.5) is 5.69 Å². The van der Waals surface area contributed by atoms with Gasteiger partial charge in [0.05, 0.1) is 23.9 Å². The number of rotatable bonds is 6. The Labute approximate surface area is 124 Å². The lowest BCUT2D eigenvalue weighted by molar-refractivity contribution is 0.0527. The molecule has 0 spiro atoms. The normalized spacial score (nSPS) is 12.4. The van der Waals surface area contributed by atoms with Gasteiger partial charge in [0.2, 0.25) is 0 Å². The van der Waals surface area contributed by atoms with Crippen LogP contribution in [0.25, 0.3) is 11.0 Å². The molecule has 0 saturated carbocycles. The molecular weight excluding hydrogens is 268 g/mol. The molecular formula is C15H22N4O2. The number of aromatic nitrogens is 3. The second-order valence-corrected chi connectivity index (χ2v) is 4.92. The van der Waals surface area contributed by atoms with E-state index in [1.165, 1.54) is 0 Å². The summed E-state index contributed by atoms with van der Waals surface area (Å²) in [4.78, 5) is 16.5. The van der Waals surface area contributed by atoms with Crippen molar-refractivity contribution in [1.29, 1.82) is 0 Å². The van der Waals surface area contributed by atoms with E-state index in [0.717, 1.165) is 29.7 Å². The molecule has 6 heteroatoms. The second-order valence-electron chi connectivity index (χ2n) is 4.92. The summed E-state index contributed by atoms with van der Waals surface area (Å²) in [6.07, 6.45) is 4.27. The van der Waals surface area contributed by atoms with Gasteiger partial charge in [-0.25, -0.2) is 14.5 Å². The van der Waals surface area contributed by atoms with E-state index in [1.54, 1.807) is 19.3 Å². The highest BCUT2D eigenvalue weighted by atomic mass is 16.5. The number of hydrogen-bond donors (Lipinski definition) is 1. The average molecular weight is 290 g/mol. The van der Waals surface area contributed by atoms with Crippen molar-refractivity contribution >= 4 is 22.7 Å². The zero-order valence-electron chi connectivity index (χ0n) is 13.0. The van der Waals surface area contributed by atoms with Gasteiger partial charge in [-0.3, -0.25) is 0 Å². The molecule has 114 valence electrons. The van der Waals surface area contributed by atoms with E-state index in [0.29, 0.717) is 12.2 Å². The Balaban J connectivity index is 2.56. The number of aryl methyl sites for hydroxylation is 1. The first-order chi connectivity index (χ1) is 10.1. The third kappa shape index (κ3) is 2.99. The predicted molar refractivity (Wildman–Crippen MR) is 82.5 cm³/mol. The minimum absolute atomic E-state index is 0.244. The molecule has 0 amide bonds. The van der Waals surface area contributed by atoms with E-state index in [-0.39, 0.29) is 12.0 Å². The Kier molecular flexibility index (Phi) is 4.77.